The molecular formula is C28H28ClN3O3. The smallest absolute Gasteiger partial charge is 0.227 e. The zero-order valence-electron chi connectivity index (χ0n) is 20.1. The number of aryl methyl sites for hydroxylation is 2. The molecule has 1 aliphatic heterocycles. The number of benzene rings is 3. The molecule has 1 fully saturated rings. The molecule has 0 aliphatic carbocycles. The Labute approximate surface area is 210 Å². The van der Waals surface area contributed by atoms with Gasteiger partial charge in [-0.25, -0.2) is 4.98 Å². The molecule has 1 aliphatic rings. The highest BCUT2D eigenvalue weighted by molar-refractivity contribution is 6.31. The molecule has 35 heavy (non-hydrogen) atoms. The van der Waals surface area contributed by atoms with E-state index in [1.165, 1.54) is 11.1 Å². The summed E-state index contributed by atoms with van der Waals surface area (Å²) < 4.78 is 13.8. The van der Waals surface area contributed by atoms with Crippen LogP contribution in [-0.4, -0.2) is 35.7 Å². The second kappa shape index (κ2) is 9.62. The van der Waals surface area contributed by atoms with E-state index in [4.69, 9.17) is 26.1 Å². The van der Waals surface area contributed by atoms with Gasteiger partial charge in [0.2, 0.25) is 5.91 Å². The van der Waals surface area contributed by atoms with Gasteiger partial charge >= 0.3 is 0 Å². The van der Waals surface area contributed by atoms with E-state index < -0.39 is 0 Å². The van der Waals surface area contributed by atoms with Gasteiger partial charge in [0.15, 0.2) is 0 Å². The molecule has 5 rings (SSSR count). The normalized spacial score (nSPS) is 15.7. The lowest BCUT2D eigenvalue weighted by Gasteiger charge is -2.20. The molecule has 0 radical (unpaired) electrons. The molecule has 2 heterocycles. The largest absolute Gasteiger partial charge is 0.495 e. The number of nitrogens with zero attached hydrogens (tertiary/aromatic N) is 3. The fourth-order valence-corrected chi connectivity index (χ4v) is 5.07. The average Bonchev–Trinajstić information content (AvgIpc) is 3.39. The van der Waals surface area contributed by atoms with E-state index in [1.54, 1.807) is 30.2 Å². The lowest BCUT2D eigenvalue weighted by atomic mass is 10.1. The van der Waals surface area contributed by atoms with Gasteiger partial charge in [0.05, 0.1) is 30.4 Å². The molecule has 0 saturated carbocycles. The Balaban J connectivity index is 1.42. The Morgan fingerprint density at radius 3 is 2.60 bits per heavy atom. The molecule has 3 aromatic carbocycles. The van der Waals surface area contributed by atoms with E-state index in [9.17, 15) is 4.79 Å². The number of hydrogen-bond acceptors (Lipinski definition) is 4. The molecule has 7 heteroatoms. The Bertz CT molecular complexity index is 1380. The number of aromatic nitrogens is 2. The van der Waals surface area contributed by atoms with E-state index in [0.717, 1.165) is 22.6 Å². The van der Waals surface area contributed by atoms with Crippen molar-refractivity contribution < 1.29 is 14.3 Å². The third kappa shape index (κ3) is 4.71. The van der Waals surface area contributed by atoms with E-state index >= 15 is 0 Å². The van der Waals surface area contributed by atoms with E-state index in [2.05, 4.69) is 30.5 Å². The van der Waals surface area contributed by atoms with Crippen LogP contribution >= 0.6 is 11.6 Å². The van der Waals surface area contributed by atoms with Gasteiger partial charge in [0.1, 0.15) is 23.9 Å². The fourth-order valence-electron chi connectivity index (χ4n) is 4.90. The zero-order chi connectivity index (χ0) is 24.5. The van der Waals surface area contributed by atoms with E-state index in [-0.39, 0.29) is 11.8 Å². The van der Waals surface area contributed by atoms with Crippen molar-refractivity contribution in [3.8, 4) is 11.5 Å². The highest BCUT2D eigenvalue weighted by Gasteiger charge is 2.36. The first-order valence-corrected chi connectivity index (χ1v) is 12.1. The van der Waals surface area contributed by atoms with Gasteiger partial charge in [-0.1, -0.05) is 29.8 Å². The molecule has 6 nitrogen and oxygen atoms in total. The number of carbonyl (C=O) groups is 1. The topological polar surface area (TPSA) is 56.6 Å². The number of para-hydroxylation sites is 2. The molecule has 1 atom stereocenters. The average molecular weight is 490 g/mol. The first kappa shape index (κ1) is 23.2. The molecule has 1 unspecified atom stereocenters. The Morgan fingerprint density at radius 1 is 1.06 bits per heavy atom. The molecule has 1 saturated heterocycles. The second-order valence-corrected chi connectivity index (χ2v) is 9.44. The van der Waals surface area contributed by atoms with E-state index in [0.29, 0.717) is 42.6 Å². The van der Waals surface area contributed by atoms with Crippen LogP contribution in [-0.2, 0) is 11.3 Å². The van der Waals surface area contributed by atoms with Crippen LogP contribution in [0.2, 0.25) is 5.02 Å². The van der Waals surface area contributed by atoms with Crippen LogP contribution in [0.5, 0.6) is 11.5 Å². The minimum atomic E-state index is -0.0557. The number of methoxy groups -OCH3 is 1. The molecule has 1 amide bonds. The van der Waals surface area contributed by atoms with Gasteiger partial charge in [-0.05, 0) is 67.4 Å². The quantitative estimate of drug-likeness (QED) is 0.323. The number of carbonyl (C=O) groups excluding carboxylic acids is 1. The Morgan fingerprint density at radius 2 is 1.83 bits per heavy atom. The third-order valence-corrected chi connectivity index (χ3v) is 6.62. The predicted molar refractivity (Wildman–Crippen MR) is 139 cm³/mol. The minimum absolute atomic E-state index is 0.0284. The maximum absolute atomic E-state index is 13.1. The van der Waals surface area contributed by atoms with Crippen molar-refractivity contribution in [2.24, 2.45) is 0 Å². The maximum Gasteiger partial charge on any atom is 0.227 e. The standard InChI is InChI=1S/C28H28ClN3O3/c1-18-12-19(2)14-22(13-18)35-11-10-31-24-7-5-4-6-23(24)30-28(31)20-15-27(33)32(17-20)25-16-21(29)8-9-26(25)34-3/h4-9,12-14,16,20H,10-11,15,17H2,1-3H3. The van der Waals surface area contributed by atoms with Crippen LogP contribution in [0.1, 0.15) is 29.3 Å². The summed E-state index contributed by atoms with van der Waals surface area (Å²) >= 11 is 6.24. The molecule has 180 valence electrons. The molecular weight excluding hydrogens is 462 g/mol. The molecule has 0 N–H and O–H groups in total. The summed E-state index contributed by atoms with van der Waals surface area (Å²) in [5.74, 6) is 2.36. The SMILES string of the molecule is COc1ccc(Cl)cc1N1CC(c2nc3ccccc3n2CCOc2cc(C)cc(C)c2)CC1=O. The van der Waals surface area contributed by atoms with Crippen LogP contribution in [0.4, 0.5) is 5.69 Å². The molecule has 0 spiro atoms. The van der Waals surface area contributed by atoms with Crippen LogP contribution < -0.4 is 14.4 Å². The van der Waals surface area contributed by atoms with Gasteiger partial charge in [-0.2, -0.15) is 0 Å². The van der Waals surface area contributed by atoms with Crippen molar-refractivity contribution in [1.82, 2.24) is 9.55 Å². The van der Waals surface area contributed by atoms with Crippen LogP contribution in [0.25, 0.3) is 11.0 Å². The second-order valence-electron chi connectivity index (χ2n) is 9.00. The summed E-state index contributed by atoms with van der Waals surface area (Å²) in [5.41, 5.74) is 5.00. The summed E-state index contributed by atoms with van der Waals surface area (Å²) in [6, 6.07) is 19.6. The van der Waals surface area contributed by atoms with Crippen molar-refractivity contribution >= 4 is 34.2 Å². The van der Waals surface area contributed by atoms with Gasteiger partial charge in [0.25, 0.3) is 0 Å². The highest BCUT2D eigenvalue weighted by Crippen LogP contribution is 2.38. The van der Waals surface area contributed by atoms with Crippen molar-refractivity contribution in [2.75, 3.05) is 25.2 Å². The molecule has 4 aromatic rings. The number of rotatable bonds is 7. The van der Waals surface area contributed by atoms with Crippen LogP contribution in [0, 0.1) is 13.8 Å². The summed E-state index contributed by atoms with van der Waals surface area (Å²) in [5, 5.41) is 0.563. The fraction of sp³-hybridized carbons (Fsp3) is 0.286. The zero-order valence-corrected chi connectivity index (χ0v) is 20.9. The number of ether oxygens (including phenoxy) is 2. The minimum Gasteiger partial charge on any atom is -0.495 e. The van der Waals surface area contributed by atoms with Gasteiger partial charge in [-0.15, -0.1) is 0 Å². The predicted octanol–water partition coefficient (Wildman–Crippen LogP) is 5.91. The maximum atomic E-state index is 13.1. The van der Waals surface area contributed by atoms with Crippen molar-refractivity contribution in [1.29, 1.82) is 0 Å². The summed E-state index contributed by atoms with van der Waals surface area (Å²) in [4.78, 5) is 19.8. The van der Waals surface area contributed by atoms with Gasteiger partial charge in [-0.3, -0.25) is 4.79 Å². The van der Waals surface area contributed by atoms with Crippen molar-refractivity contribution in [3.63, 3.8) is 0 Å². The lowest BCUT2D eigenvalue weighted by Crippen LogP contribution is -2.25. The first-order chi connectivity index (χ1) is 16.9. The number of halogens is 1. The third-order valence-electron chi connectivity index (χ3n) is 6.38. The summed E-state index contributed by atoms with van der Waals surface area (Å²) in [7, 11) is 1.60. The lowest BCUT2D eigenvalue weighted by molar-refractivity contribution is -0.117. The highest BCUT2D eigenvalue weighted by atomic mass is 35.5. The number of anilines is 1. The summed E-state index contributed by atoms with van der Waals surface area (Å²) in [6.07, 6.45) is 0.372. The number of imidazole rings is 1. The number of fused-ring (bicyclic) bond motifs is 1. The molecule has 1 aromatic heterocycles. The van der Waals surface area contributed by atoms with Crippen LogP contribution in [0.3, 0.4) is 0 Å². The Hall–Kier alpha value is -3.51. The monoisotopic (exact) mass is 489 g/mol. The van der Waals surface area contributed by atoms with Crippen molar-refractivity contribution in [2.45, 2.75) is 32.7 Å². The van der Waals surface area contributed by atoms with Crippen molar-refractivity contribution in [3.05, 3.63) is 82.6 Å². The first-order valence-electron chi connectivity index (χ1n) is 11.7. The number of hydrogen-bond donors (Lipinski definition) is 0. The van der Waals surface area contributed by atoms with Gasteiger partial charge in [0, 0.05) is 23.9 Å². The summed E-state index contributed by atoms with van der Waals surface area (Å²) in [6.45, 7) is 5.78. The van der Waals surface area contributed by atoms with Crippen LogP contribution in [0.15, 0.2) is 60.7 Å². The number of amides is 1. The van der Waals surface area contributed by atoms with E-state index in [1.807, 2.05) is 30.3 Å². The van der Waals surface area contributed by atoms with Gasteiger partial charge < -0.3 is 18.9 Å². The Kier molecular flexibility index (Phi) is 6.39. The molecule has 0 bridgehead atoms.